The molecule has 1 aliphatic heterocycles. The molecule has 0 aliphatic carbocycles. The molecule has 1 fully saturated rings. The fourth-order valence-corrected chi connectivity index (χ4v) is 4.10. The Bertz CT molecular complexity index is 1380. The molecule has 0 bridgehead atoms. The third-order valence-corrected chi connectivity index (χ3v) is 5.93. The second kappa shape index (κ2) is 10.00. The number of hydrogen-bond acceptors (Lipinski definition) is 7. The SMILES string of the molecule is Br.CN(c1ccc(CN2CCOCC2)o1)c1nc2c(c(=O)[nH]c(=O)n2C)n1Cc1ccccc1. The molecule has 4 heterocycles. The third-order valence-electron chi connectivity index (χ3n) is 5.93. The Labute approximate surface area is 206 Å². The minimum absolute atomic E-state index is 0. The van der Waals surface area contributed by atoms with E-state index in [2.05, 4.69) is 14.9 Å². The Morgan fingerprint density at radius 2 is 1.79 bits per heavy atom. The van der Waals surface area contributed by atoms with E-state index in [1.54, 1.807) is 11.9 Å². The lowest BCUT2D eigenvalue weighted by Gasteiger charge is -2.25. The largest absolute Gasteiger partial charge is 0.444 e. The number of hydrogen-bond donors (Lipinski definition) is 1. The quantitative estimate of drug-likeness (QED) is 0.407. The number of imidazole rings is 1. The van der Waals surface area contributed by atoms with Crippen LogP contribution < -0.4 is 16.1 Å². The summed E-state index contributed by atoms with van der Waals surface area (Å²) in [6.45, 7) is 4.31. The van der Waals surface area contributed by atoms with Crippen LogP contribution >= 0.6 is 17.0 Å². The van der Waals surface area contributed by atoms with Crippen LogP contribution in [0.25, 0.3) is 11.2 Å². The van der Waals surface area contributed by atoms with Gasteiger partial charge in [-0.25, -0.2) is 4.79 Å². The maximum Gasteiger partial charge on any atom is 0.329 e. The van der Waals surface area contributed by atoms with Crippen LogP contribution in [0.5, 0.6) is 0 Å². The molecule has 34 heavy (non-hydrogen) atoms. The molecule has 0 spiro atoms. The van der Waals surface area contributed by atoms with Crippen LogP contribution in [0.1, 0.15) is 11.3 Å². The summed E-state index contributed by atoms with van der Waals surface area (Å²) in [6.07, 6.45) is 0. The number of anilines is 2. The number of fused-ring (bicyclic) bond motifs is 1. The van der Waals surface area contributed by atoms with Crippen LogP contribution in [0.15, 0.2) is 56.5 Å². The van der Waals surface area contributed by atoms with Gasteiger partial charge in [0.15, 0.2) is 11.2 Å². The van der Waals surface area contributed by atoms with Crippen molar-refractivity contribution in [2.45, 2.75) is 13.1 Å². The molecule has 11 heteroatoms. The van der Waals surface area contributed by atoms with Crippen molar-refractivity contribution in [3.63, 3.8) is 0 Å². The van der Waals surface area contributed by atoms with E-state index in [9.17, 15) is 9.59 Å². The normalized spacial score (nSPS) is 14.3. The average molecular weight is 531 g/mol. The van der Waals surface area contributed by atoms with Crippen LogP contribution in [0.2, 0.25) is 0 Å². The van der Waals surface area contributed by atoms with Gasteiger partial charge in [-0.15, -0.1) is 17.0 Å². The predicted molar refractivity (Wildman–Crippen MR) is 134 cm³/mol. The maximum atomic E-state index is 12.8. The summed E-state index contributed by atoms with van der Waals surface area (Å²) in [5.74, 6) is 1.95. The number of furan rings is 1. The molecule has 5 rings (SSSR count). The Hall–Kier alpha value is -3.15. The highest BCUT2D eigenvalue weighted by Gasteiger charge is 2.23. The van der Waals surface area contributed by atoms with Crippen molar-refractivity contribution in [3.8, 4) is 0 Å². The second-order valence-electron chi connectivity index (χ2n) is 8.16. The van der Waals surface area contributed by atoms with Gasteiger partial charge in [-0.2, -0.15) is 4.98 Å². The van der Waals surface area contributed by atoms with Gasteiger partial charge in [0.1, 0.15) is 5.76 Å². The van der Waals surface area contributed by atoms with Crippen molar-refractivity contribution >= 4 is 40.0 Å². The van der Waals surface area contributed by atoms with Gasteiger partial charge in [-0.3, -0.25) is 28.7 Å². The molecule has 4 aromatic rings. The summed E-state index contributed by atoms with van der Waals surface area (Å²) in [6, 6.07) is 13.7. The second-order valence-corrected chi connectivity index (χ2v) is 8.16. The van der Waals surface area contributed by atoms with Crippen LogP contribution in [-0.2, 0) is 24.9 Å². The lowest BCUT2D eigenvalue weighted by molar-refractivity contribution is 0.0314. The summed E-state index contributed by atoms with van der Waals surface area (Å²) in [7, 11) is 3.43. The number of benzene rings is 1. The standard InChI is InChI=1S/C23H26N6O4.BrH/c1-26(18-9-8-17(33-18)15-28-10-12-32-13-11-28)22-24-20-19(21(30)25-23(31)27(20)2)29(22)14-16-6-4-3-5-7-16;/h3-9H,10-15H2,1-2H3,(H,25,30,31);1H. The van der Waals surface area contributed by atoms with E-state index >= 15 is 0 Å². The van der Waals surface area contributed by atoms with Crippen molar-refractivity contribution < 1.29 is 9.15 Å². The molecule has 0 saturated carbocycles. The van der Waals surface area contributed by atoms with Crippen molar-refractivity contribution in [2.24, 2.45) is 7.05 Å². The van der Waals surface area contributed by atoms with Gasteiger partial charge in [-0.05, 0) is 11.6 Å². The Balaban J connectivity index is 0.00000274. The smallest absolute Gasteiger partial charge is 0.329 e. The number of ether oxygens (including phenoxy) is 1. The molecule has 0 amide bonds. The van der Waals surface area contributed by atoms with Crippen molar-refractivity contribution in [1.29, 1.82) is 0 Å². The molecule has 1 saturated heterocycles. The fourth-order valence-electron chi connectivity index (χ4n) is 4.10. The molecule has 1 aliphatic rings. The van der Waals surface area contributed by atoms with Crippen molar-refractivity contribution in [2.75, 3.05) is 38.3 Å². The summed E-state index contributed by atoms with van der Waals surface area (Å²) < 4.78 is 14.7. The summed E-state index contributed by atoms with van der Waals surface area (Å²) in [5, 5.41) is 0. The number of aromatic amines is 1. The van der Waals surface area contributed by atoms with Crippen LogP contribution in [0.3, 0.4) is 0 Å². The molecule has 3 aromatic heterocycles. The lowest BCUT2D eigenvalue weighted by Crippen LogP contribution is -2.35. The zero-order valence-electron chi connectivity index (χ0n) is 19.1. The zero-order chi connectivity index (χ0) is 22.9. The monoisotopic (exact) mass is 530 g/mol. The first-order valence-corrected chi connectivity index (χ1v) is 10.9. The number of nitrogens with zero attached hydrogens (tertiary/aromatic N) is 5. The van der Waals surface area contributed by atoms with Gasteiger partial charge in [0.05, 0.1) is 26.3 Å². The highest BCUT2D eigenvalue weighted by molar-refractivity contribution is 8.93. The average Bonchev–Trinajstić information content (AvgIpc) is 3.44. The fraction of sp³-hybridized carbons (Fsp3) is 0.348. The molecule has 1 N–H and O–H groups in total. The Kier molecular flexibility index (Phi) is 7.05. The molecule has 10 nitrogen and oxygen atoms in total. The number of aryl methyl sites for hydroxylation is 1. The van der Waals surface area contributed by atoms with Gasteiger partial charge in [-0.1, -0.05) is 30.3 Å². The Morgan fingerprint density at radius 3 is 2.53 bits per heavy atom. The van der Waals surface area contributed by atoms with E-state index < -0.39 is 11.2 Å². The summed E-state index contributed by atoms with van der Waals surface area (Å²) in [4.78, 5) is 36.1. The van der Waals surface area contributed by atoms with E-state index in [1.807, 2.05) is 54.1 Å². The predicted octanol–water partition coefficient (Wildman–Crippen LogP) is 2.24. The van der Waals surface area contributed by atoms with E-state index in [0.29, 0.717) is 36.1 Å². The third kappa shape index (κ3) is 4.59. The van der Waals surface area contributed by atoms with Crippen LogP contribution in [0, 0.1) is 0 Å². The van der Waals surface area contributed by atoms with E-state index in [4.69, 9.17) is 9.15 Å². The van der Waals surface area contributed by atoms with Gasteiger partial charge >= 0.3 is 5.69 Å². The van der Waals surface area contributed by atoms with E-state index in [0.717, 1.165) is 37.6 Å². The van der Waals surface area contributed by atoms with Gasteiger partial charge in [0, 0.05) is 33.3 Å². The summed E-state index contributed by atoms with van der Waals surface area (Å²) >= 11 is 0. The lowest BCUT2D eigenvalue weighted by atomic mass is 10.2. The van der Waals surface area contributed by atoms with Gasteiger partial charge in [0.25, 0.3) is 5.56 Å². The molecule has 0 unspecified atom stereocenters. The molecule has 180 valence electrons. The molecule has 0 atom stereocenters. The molecule has 0 radical (unpaired) electrons. The molecule has 1 aromatic carbocycles. The number of H-pyrrole nitrogens is 1. The number of morpholine rings is 1. The Morgan fingerprint density at radius 1 is 1.06 bits per heavy atom. The number of halogens is 1. The number of rotatable bonds is 6. The highest BCUT2D eigenvalue weighted by atomic mass is 79.9. The zero-order valence-corrected chi connectivity index (χ0v) is 20.8. The van der Waals surface area contributed by atoms with Gasteiger partial charge in [0.2, 0.25) is 11.8 Å². The first-order valence-electron chi connectivity index (χ1n) is 10.9. The minimum atomic E-state index is -0.503. The minimum Gasteiger partial charge on any atom is -0.444 e. The van der Waals surface area contributed by atoms with Crippen molar-refractivity contribution in [1.82, 2.24) is 24.0 Å². The first-order chi connectivity index (χ1) is 16.0. The highest BCUT2D eigenvalue weighted by Crippen LogP contribution is 2.28. The number of aromatic nitrogens is 4. The molecular weight excluding hydrogens is 504 g/mol. The van der Waals surface area contributed by atoms with Crippen molar-refractivity contribution in [3.05, 3.63) is 74.6 Å². The maximum absolute atomic E-state index is 12.8. The topological polar surface area (TPSA) is 102 Å². The summed E-state index contributed by atoms with van der Waals surface area (Å²) in [5.41, 5.74) is 0.692. The molecular formula is C23H27BrN6O4. The van der Waals surface area contributed by atoms with Crippen LogP contribution in [-0.4, -0.2) is 57.4 Å². The first kappa shape index (κ1) is 24.0. The van der Waals surface area contributed by atoms with Crippen LogP contribution in [0.4, 0.5) is 11.8 Å². The van der Waals surface area contributed by atoms with E-state index in [1.165, 1.54) is 4.57 Å². The number of nitrogens with one attached hydrogen (secondary N) is 1. The van der Waals surface area contributed by atoms with E-state index in [-0.39, 0.29) is 17.0 Å². The van der Waals surface area contributed by atoms with Gasteiger partial charge < -0.3 is 9.15 Å².